The van der Waals surface area contributed by atoms with Gasteiger partial charge in [-0.3, -0.25) is 4.79 Å². The molecule has 0 aliphatic heterocycles. The Labute approximate surface area is 88.7 Å². The van der Waals surface area contributed by atoms with E-state index in [0.29, 0.717) is 6.42 Å². The minimum absolute atomic E-state index is 0.107. The van der Waals surface area contributed by atoms with Crippen LogP contribution in [0.4, 0.5) is 0 Å². The van der Waals surface area contributed by atoms with Crippen LogP contribution >= 0.6 is 0 Å². The minimum Gasteiger partial charge on any atom is -0.497 e. The Bertz CT molecular complexity index is 399. The van der Waals surface area contributed by atoms with Gasteiger partial charge >= 0.3 is 5.97 Å². The molecule has 1 aromatic rings. The maximum absolute atomic E-state index is 10.2. The number of carbonyl (C=O) groups is 1. The van der Waals surface area contributed by atoms with Crippen molar-refractivity contribution in [2.24, 2.45) is 0 Å². The smallest absolute Gasteiger partial charge is 0.315 e. The molecule has 3 heteroatoms. The lowest BCUT2D eigenvalue weighted by Crippen LogP contribution is -1.90. The molecule has 0 unspecified atom stereocenters. The van der Waals surface area contributed by atoms with Crippen LogP contribution in [0, 0.1) is 11.8 Å². The fourth-order valence-electron chi connectivity index (χ4n) is 1.09. The number of aliphatic carboxylic acids is 1. The normalized spacial score (nSPS) is 8.87. The molecule has 0 aromatic heterocycles. The molecule has 1 rings (SSSR count). The molecule has 0 saturated heterocycles. The molecule has 0 radical (unpaired) electrons. The van der Waals surface area contributed by atoms with Crippen molar-refractivity contribution >= 4 is 5.97 Å². The molecule has 1 N–H and O–H groups in total. The highest BCUT2D eigenvalue weighted by atomic mass is 16.5. The van der Waals surface area contributed by atoms with E-state index in [1.165, 1.54) is 0 Å². The van der Waals surface area contributed by atoms with Crippen molar-refractivity contribution < 1.29 is 14.6 Å². The van der Waals surface area contributed by atoms with Crippen molar-refractivity contribution in [1.82, 2.24) is 0 Å². The predicted octanol–water partition coefficient (Wildman–Crippen LogP) is 1.72. The second-order valence-electron chi connectivity index (χ2n) is 2.95. The van der Waals surface area contributed by atoms with Crippen molar-refractivity contribution in [3.05, 3.63) is 29.8 Å². The molecule has 3 nitrogen and oxygen atoms in total. The molecule has 0 atom stereocenters. The van der Waals surface area contributed by atoms with Gasteiger partial charge in [-0.05, 0) is 17.7 Å². The third kappa shape index (κ3) is 4.19. The van der Waals surface area contributed by atoms with Crippen molar-refractivity contribution in [2.45, 2.75) is 12.8 Å². The first-order valence-electron chi connectivity index (χ1n) is 4.53. The summed E-state index contributed by atoms with van der Waals surface area (Å²) in [6, 6.07) is 7.55. The Morgan fingerprint density at radius 2 is 2.27 bits per heavy atom. The summed E-state index contributed by atoms with van der Waals surface area (Å²) in [6.07, 6.45) is 0.439. The minimum atomic E-state index is -0.895. The van der Waals surface area contributed by atoms with Crippen LogP contribution in [0.3, 0.4) is 0 Å². The number of hydrogen-bond donors (Lipinski definition) is 1. The lowest BCUT2D eigenvalue weighted by molar-refractivity contribution is -0.135. The lowest BCUT2D eigenvalue weighted by atomic mass is 10.1. The molecular weight excluding hydrogens is 192 g/mol. The summed E-state index contributed by atoms with van der Waals surface area (Å²) in [5.74, 6) is 5.27. The summed E-state index contributed by atoms with van der Waals surface area (Å²) >= 11 is 0. The second kappa shape index (κ2) is 5.71. The number of ether oxygens (including phenoxy) is 1. The summed E-state index contributed by atoms with van der Waals surface area (Å²) in [5, 5.41) is 8.37. The summed E-state index contributed by atoms with van der Waals surface area (Å²) < 4.78 is 5.06. The maximum atomic E-state index is 10.2. The van der Waals surface area contributed by atoms with Gasteiger partial charge in [-0.1, -0.05) is 24.0 Å². The van der Waals surface area contributed by atoms with Gasteiger partial charge in [0.25, 0.3) is 0 Å². The SMILES string of the molecule is COc1cccc(CC#CCC(=O)O)c1. The molecular formula is C12H12O3. The van der Waals surface area contributed by atoms with E-state index >= 15 is 0 Å². The predicted molar refractivity (Wildman–Crippen MR) is 56.7 cm³/mol. The van der Waals surface area contributed by atoms with Gasteiger partial charge in [0, 0.05) is 6.42 Å². The molecule has 0 spiro atoms. The first-order valence-corrected chi connectivity index (χ1v) is 4.53. The van der Waals surface area contributed by atoms with Crippen molar-refractivity contribution in [3.8, 4) is 17.6 Å². The molecule has 1 aromatic carbocycles. The topological polar surface area (TPSA) is 46.5 Å². The van der Waals surface area contributed by atoms with E-state index < -0.39 is 5.97 Å². The zero-order valence-corrected chi connectivity index (χ0v) is 8.49. The average Bonchev–Trinajstić information content (AvgIpc) is 2.24. The number of benzene rings is 1. The quantitative estimate of drug-likeness (QED) is 0.762. The molecule has 0 aliphatic carbocycles. The molecule has 15 heavy (non-hydrogen) atoms. The summed E-state index contributed by atoms with van der Waals surface area (Å²) in [6.45, 7) is 0. The van der Waals surface area contributed by atoms with Crippen LogP contribution in [-0.2, 0) is 11.2 Å². The van der Waals surface area contributed by atoms with Gasteiger partial charge in [-0.2, -0.15) is 0 Å². The van der Waals surface area contributed by atoms with Crippen molar-refractivity contribution in [2.75, 3.05) is 7.11 Å². The number of methoxy groups -OCH3 is 1. The fourth-order valence-corrected chi connectivity index (χ4v) is 1.09. The van der Waals surface area contributed by atoms with Gasteiger partial charge in [0.15, 0.2) is 0 Å². The highest BCUT2D eigenvalue weighted by Gasteiger charge is 1.93. The van der Waals surface area contributed by atoms with Crippen LogP contribution in [0.1, 0.15) is 12.0 Å². The van der Waals surface area contributed by atoms with Crippen LogP contribution in [0.2, 0.25) is 0 Å². The van der Waals surface area contributed by atoms with E-state index in [2.05, 4.69) is 11.8 Å². The van der Waals surface area contributed by atoms with Gasteiger partial charge in [0.2, 0.25) is 0 Å². The van der Waals surface area contributed by atoms with Crippen LogP contribution in [0.15, 0.2) is 24.3 Å². The highest BCUT2D eigenvalue weighted by molar-refractivity contribution is 5.69. The Hall–Kier alpha value is -1.95. The van der Waals surface area contributed by atoms with Crippen LogP contribution in [0.25, 0.3) is 0 Å². The van der Waals surface area contributed by atoms with Gasteiger partial charge < -0.3 is 9.84 Å². The van der Waals surface area contributed by atoms with Gasteiger partial charge in [-0.25, -0.2) is 0 Å². The first kappa shape index (κ1) is 11.1. The third-order valence-electron chi connectivity index (χ3n) is 1.79. The number of rotatable bonds is 3. The van der Waals surface area contributed by atoms with Gasteiger partial charge in [-0.15, -0.1) is 0 Å². The average molecular weight is 204 g/mol. The molecule has 0 amide bonds. The molecule has 0 fully saturated rings. The second-order valence-corrected chi connectivity index (χ2v) is 2.95. The van der Waals surface area contributed by atoms with Gasteiger partial charge in [0.05, 0.1) is 7.11 Å². The summed E-state index contributed by atoms with van der Waals surface area (Å²) in [5.41, 5.74) is 1.02. The lowest BCUT2D eigenvalue weighted by Gasteiger charge is -2.00. The zero-order chi connectivity index (χ0) is 11.1. The van der Waals surface area contributed by atoms with E-state index in [1.807, 2.05) is 24.3 Å². The maximum Gasteiger partial charge on any atom is 0.315 e. The highest BCUT2D eigenvalue weighted by Crippen LogP contribution is 2.12. The number of carboxylic acids is 1. The molecule has 0 heterocycles. The summed E-state index contributed by atoms with van der Waals surface area (Å²) in [7, 11) is 1.61. The molecule has 0 saturated carbocycles. The van der Waals surface area contributed by atoms with Crippen molar-refractivity contribution in [1.29, 1.82) is 0 Å². The van der Waals surface area contributed by atoms with E-state index in [4.69, 9.17) is 9.84 Å². The number of hydrogen-bond acceptors (Lipinski definition) is 2. The molecule has 78 valence electrons. The molecule has 0 bridgehead atoms. The third-order valence-corrected chi connectivity index (χ3v) is 1.79. The first-order chi connectivity index (χ1) is 7.22. The standard InChI is InChI=1S/C12H12O3/c1-15-11-7-4-6-10(9-11)5-2-3-8-12(13)14/h4,6-7,9H,5,8H2,1H3,(H,13,14). The Balaban J connectivity index is 2.55. The van der Waals surface area contributed by atoms with Crippen LogP contribution in [0.5, 0.6) is 5.75 Å². The van der Waals surface area contributed by atoms with E-state index in [0.717, 1.165) is 11.3 Å². The van der Waals surface area contributed by atoms with Crippen LogP contribution in [-0.4, -0.2) is 18.2 Å². The van der Waals surface area contributed by atoms with E-state index in [-0.39, 0.29) is 6.42 Å². The monoisotopic (exact) mass is 204 g/mol. The molecule has 0 aliphatic rings. The van der Waals surface area contributed by atoms with Crippen LogP contribution < -0.4 is 4.74 Å². The Morgan fingerprint density at radius 3 is 2.93 bits per heavy atom. The van der Waals surface area contributed by atoms with E-state index in [9.17, 15) is 4.79 Å². The Morgan fingerprint density at radius 1 is 1.47 bits per heavy atom. The fraction of sp³-hybridized carbons (Fsp3) is 0.250. The zero-order valence-electron chi connectivity index (χ0n) is 8.49. The van der Waals surface area contributed by atoms with Crippen molar-refractivity contribution in [3.63, 3.8) is 0 Å². The largest absolute Gasteiger partial charge is 0.497 e. The number of carboxylic acid groups (broad SMARTS) is 1. The summed E-state index contributed by atoms with van der Waals surface area (Å²) in [4.78, 5) is 10.2. The van der Waals surface area contributed by atoms with Gasteiger partial charge in [0.1, 0.15) is 12.2 Å². The Kier molecular flexibility index (Phi) is 4.24. The van der Waals surface area contributed by atoms with E-state index in [1.54, 1.807) is 7.11 Å².